The number of unbranched alkanes of at least 4 members (excludes halogenated alkanes) is 2. The van der Waals surface area contributed by atoms with Crippen LogP contribution in [0, 0.1) is 0 Å². The maximum atomic E-state index is 12.2. The number of aliphatic carboxylic acids is 1. The van der Waals surface area contributed by atoms with Crippen LogP contribution in [0.1, 0.15) is 36.0 Å². The lowest BCUT2D eigenvalue weighted by Gasteiger charge is -2.07. The molecule has 1 amide bonds. The minimum atomic E-state index is -0.787. The Hall–Kier alpha value is -2.89. The molecule has 0 unspecified atom stereocenters. The van der Waals surface area contributed by atoms with E-state index in [1.54, 1.807) is 19.4 Å². The third-order valence-electron chi connectivity index (χ3n) is 3.78. The van der Waals surface area contributed by atoms with Crippen molar-refractivity contribution in [3.63, 3.8) is 0 Å². The topological polar surface area (TPSA) is 88.5 Å². The van der Waals surface area contributed by atoms with Gasteiger partial charge in [0.15, 0.2) is 0 Å². The minimum Gasteiger partial charge on any atom is -0.497 e. The van der Waals surface area contributed by atoms with Gasteiger partial charge >= 0.3 is 5.97 Å². The highest BCUT2D eigenvalue weighted by Gasteiger charge is 2.08. The molecule has 0 atom stereocenters. The normalized spacial score (nSPS) is 10.3. The first-order valence-electron chi connectivity index (χ1n) is 8.19. The van der Waals surface area contributed by atoms with Crippen molar-refractivity contribution in [2.45, 2.75) is 25.7 Å². The van der Waals surface area contributed by atoms with Gasteiger partial charge in [-0.1, -0.05) is 18.6 Å². The Morgan fingerprint density at radius 1 is 1.08 bits per heavy atom. The number of ether oxygens (including phenoxy) is 1. The van der Waals surface area contributed by atoms with Crippen LogP contribution in [-0.4, -0.2) is 35.6 Å². The molecule has 6 heteroatoms. The van der Waals surface area contributed by atoms with Crippen LogP contribution in [-0.2, 0) is 4.79 Å². The lowest BCUT2D eigenvalue weighted by Crippen LogP contribution is -2.24. The third-order valence-corrected chi connectivity index (χ3v) is 3.78. The molecule has 1 heterocycles. The number of hydrogen-bond acceptors (Lipinski definition) is 4. The average molecular weight is 342 g/mol. The first kappa shape index (κ1) is 18.4. The van der Waals surface area contributed by atoms with Crippen LogP contribution in [0.4, 0.5) is 0 Å². The lowest BCUT2D eigenvalue weighted by atomic mass is 10.1. The van der Waals surface area contributed by atoms with E-state index in [4.69, 9.17) is 9.84 Å². The van der Waals surface area contributed by atoms with Crippen molar-refractivity contribution in [2.24, 2.45) is 0 Å². The number of amides is 1. The van der Waals surface area contributed by atoms with Crippen LogP contribution in [0.15, 0.2) is 42.7 Å². The first-order valence-corrected chi connectivity index (χ1v) is 8.19. The van der Waals surface area contributed by atoms with Gasteiger partial charge in [-0.2, -0.15) is 0 Å². The second kappa shape index (κ2) is 9.42. The summed E-state index contributed by atoms with van der Waals surface area (Å²) in [6.45, 7) is 0.519. The average Bonchev–Trinajstić information content (AvgIpc) is 2.64. The predicted molar refractivity (Wildman–Crippen MR) is 94.7 cm³/mol. The standard InChI is InChI=1S/C19H22N2O4/c1-25-17-8-6-14(7-9-17)15-11-16(13-20-12-15)19(24)21-10-4-2-3-5-18(22)23/h6-9,11-13H,2-5,10H2,1H3,(H,21,24)(H,22,23). The zero-order chi connectivity index (χ0) is 18.1. The Morgan fingerprint density at radius 3 is 2.52 bits per heavy atom. The highest BCUT2D eigenvalue weighted by atomic mass is 16.5. The van der Waals surface area contributed by atoms with Crippen LogP contribution in [0.5, 0.6) is 5.75 Å². The van der Waals surface area contributed by atoms with Gasteiger partial charge in [0.05, 0.1) is 12.7 Å². The van der Waals surface area contributed by atoms with Gasteiger partial charge in [-0.3, -0.25) is 14.6 Å². The zero-order valence-electron chi connectivity index (χ0n) is 14.2. The highest BCUT2D eigenvalue weighted by Crippen LogP contribution is 2.22. The molecule has 1 aromatic carbocycles. The number of aromatic nitrogens is 1. The molecule has 0 radical (unpaired) electrons. The van der Waals surface area contributed by atoms with E-state index in [-0.39, 0.29) is 12.3 Å². The molecular formula is C19H22N2O4. The monoisotopic (exact) mass is 342 g/mol. The number of carboxylic acid groups (broad SMARTS) is 1. The van der Waals surface area contributed by atoms with Gasteiger partial charge in [0, 0.05) is 30.9 Å². The highest BCUT2D eigenvalue weighted by molar-refractivity contribution is 5.95. The first-order chi connectivity index (χ1) is 12.1. The second-order valence-corrected chi connectivity index (χ2v) is 5.65. The molecule has 0 aliphatic heterocycles. The molecule has 0 bridgehead atoms. The Morgan fingerprint density at radius 2 is 1.84 bits per heavy atom. The van der Waals surface area contributed by atoms with Crippen molar-refractivity contribution >= 4 is 11.9 Å². The molecule has 2 N–H and O–H groups in total. The van der Waals surface area contributed by atoms with E-state index in [1.807, 2.05) is 24.3 Å². The number of methoxy groups -OCH3 is 1. The number of nitrogens with one attached hydrogen (secondary N) is 1. The van der Waals surface area contributed by atoms with Crippen LogP contribution < -0.4 is 10.1 Å². The van der Waals surface area contributed by atoms with Crippen molar-refractivity contribution in [1.29, 1.82) is 0 Å². The van der Waals surface area contributed by atoms with Crippen LogP contribution in [0.3, 0.4) is 0 Å². The van der Waals surface area contributed by atoms with E-state index in [1.165, 1.54) is 6.20 Å². The van der Waals surface area contributed by atoms with Crippen LogP contribution in [0.25, 0.3) is 11.1 Å². The summed E-state index contributed by atoms with van der Waals surface area (Å²) in [5.74, 6) is -0.194. The number of nitrogens with zero attached hydrogens (tertiary/aromatic N) is 1. The van der Waals surface area contributed by atoms with Gasteiger partial charge in [0.2, 0.25) is 0 Å². The lowest BCUT2D eigenvalue weighted by molar-refractivity contribution is -0.137. The Bertz CT molecular complexity index is 714. The van der Waals surface area contributed by atoms with Gasteiger partial charge in [-0.05, 0) is 36.6 Å². The summed E-state index contributed by atoms with van der Waals surface area (Å²) in [6.07, 6.45) is 5.57. The molecule has 2 rings (SSSR count). The summed E-state index contributed by atoms with van der Waals surface area (Å²) < 4.78 is 5.14. The number of rotatable bonds is 9. The molecule has 6 nitrogen and oxygen atoms in total. The quantitative estimate of drug-likeness (QED) is 0.684. The van der Waals surface area contributed by atoms with E-state index < -0.39 is 5.97 Å². The van der Waals surface area contributed by atoms with Gasteiger partial charge < -0.3 is 15.2 Å². The van der Waals surface area contributed by atoms with E-state index in [9.17, 15) is 9.59 Å². The number of benzene rings is 1. The Labute approximate surface area is 146 Å². The predicted octanol–water partition coefficient (Wildman–Crippen LogP) is 3.13. The van der Waals surface area contributed by atoms with E-state index in [0.29, 0.717) is 18.5 Å². The van der Waals surface area contributed by atoms with Crippen molar-refractivity contribution < 1.29 is 19.4 Å². The van der Waals surface area contributed by atoms with E-state index in [0.717, 1.165) is 29.7 Å². The van der Waals surface area contributed by atoms with Crippen LogP contribution in [0.2, 0.25) is 0 Å². The number of carbonyl (C=O) groups excluding carboxylic acids is 1. The van der Waals surface area contributed by atoms with Crippen molar-refractivity contribution in [1.82, 2.24) is 10.3 Å². The number of hydrogen-bond donors (Lipinski definition) is 2. The molecular weight excluding hydrogens is 320 g/mol. The van der Waals surface area contributed by atoms with Crippen LogP contribution >= 0.6 is 0 Å². The van der Waals surface area contributed by atoms with Gasteiger partial charge in [-0.15, -0.1) is 0 Å². The summed E-state index contributed by atoms with van der Waals surface area (Å²) in [6, 6.07) is 9.35. The van der Waals surface area contributed by atoms with Gasteiger partial charge in [0.25, 0.3) is 5.91 Å². The molecule has 0 saturated heterocycles. The molecule has 0 saturated carbocycles. The molecule has 1 aromatic heterocycles. The molecule has 132 valence electrons. The second-order valence-electron chi connectivity index (χ2n) is 5.65. The maximum absolute atomic E-state index is 12.2. The summed E-state index contributed by atoms with van der Waals surface area (Å²) in [5.41, 5.74) is 2.31. The Kier molecular flexibility index (Phi) is 6.95. The maximum Gasteiger partial charge on any atom is 0.303 e. The molecule has 2 aromatic rings. The number of carbonyl (C=O) groups is 2. The summed E-state index contributed by atoms with van der Waals surface area (Å²) in [7, 11) is 1.61. The number of pyridine rings is 1. The summed E-state index contributed by atoms with van der Waals surface area (Å²) in [5, 5.41) is 11.4. The number of carboxylic acids is 1. The molecule has 0 fully saturated rings. The fourth-order valence-corrected chi connectivity index (χ4v) is 2.39. The fraction of sp³-hybridized carbons (Fsp3) is 0.316. The molecule has 25 heavy (non-hydrogen) atoms. The SMILES string of the molecule is COc1ccc(-c2cncc(C(=O)NCCCCCC(=O)O)c2)cc1. The Balaban J connectivity index is 1.89. The zero-order valence-corrected chi connectivity index (χ0v) is 14.2. The molecule has 0 aliphatic rings. The van der Waals surface area contributed by atoms with E-state index >= 15 is 0 Å². The van der Waals surface area contributed by atoms with Crippen molar-refractivity contribution in [3.8, 4) is 16.9 Å². The molecule has 0 spiro atoms. The third kappa shape index (κ3) is 5.91. The van der Waals surface area contributed by atoms with Gasteiger partial charge in [-0.25, -0.2) is 0 Å². The summed E-state index contributed by atoms with van der Waals surface area (Å²) >= 11 is 0. The summed E-state index contributed by atoms with van der Waals surface area (Å²) in [4.78, 5) is 26.8. The minimum absolute atomic E-state index is 0.168. The fourth-order valence-electron chi connectivity index (χ4n) is 2.39. The smallest absolute Gasteiger partial charge is 0.303 e. The molecule has 0 aliphatic carbocycles. The largest absolute Gasteiger partial charge is 0.497 e. The van der Waals surface area contributed by atoms with Gasteiger partial charge in [0.1, 0.15) is 5.75 Å². The van der Waals surface area contributed by atoms with E-state index in [2.05, 4.69) is 10.3 Å². The van der Waals surface area contributed by atoms with Crippen molar-refractivity contribution in [3.05, 3.63) is 48.3 Å². The van der Waals surface area contributed by atoms with Crippen molar-refractivity contribution in [2.75, 3.05) is 13.7 Å².